The Morgan fingerprint density at radius 1 is 1.18 bits per heavy atom. The monoisotopic (exact) mass is 364 g/mol. The zero-order valence-corrected chi connectivity index (χ0v) is 14.7. The number of nitrogens with zero attached hydrogens (tertiary/aromatic N) is 2. The number of likely N-dealkylation sites (tertiary alicyclic amines) is 1. The van der Waals surface area contributed by atoms with E-state index in [4.69, 9.17) is 0 Å². The van der Waals surface area contributed by atoms with Crippen LogP contribution in [-0.4, -0.2) is 41.4 Å². The number of halogens is 1. The topological polar surface area (TPSA) is 23.6 Å². The molecule has 1 saturated carbocycles. The maximum Gasteiger partial charge on any atom is 0.236 e. The van der Waals surface area contributed by atoms with Gasteiger partial charge in [-0.3, -0.25) is 9.69 Å². The molecule has 1 heterocycles. The summed E-state index contributed by atoms with van der Waals surface area (Å²) in [6, 6.07) is 9.03. The highest BCUT2D eigenvalue weighted by atomic mass is 79.9. The number of hydrogen-bond donors (Lipinski definition) is 0. The average molecular weight is 365 g/mol. The molecule has 2 fully saturated rings. The Morgan fingerprint density at radius 2 is 1.91 bits per heavy atom. The van der Waals surface area contributed by atoms with Crippen LogP contribution in [0.15, 0.2) is 28.7 Å². The maximum atomic E-state index is 12.6. The van der Waals surface area contributed by atoms with Gasteiger partial charge in [0.15, 0.2) is 0 Å². The van der Waals surface area contributed by atoms with Crippen LogP contribution in [0, 0.1) is 0 Å². The van der Waals surface area contributed by atoms with E-state index in [1.807, 2.05) is 6.07 Å². The minimum absolute atomic E-state index is 0.323. The molecule has 0 radical (unpaired) electrons. The van der Waals surface area contributed by atoms with Crippen molar-refractivity contribution in [3.05, 3.63) is 34.3 Å². The van der Waals surface area contributed by atoms with E-state index in [-0.39, 0.29) is 0 Å². The third-order valence-electron chi connectivity index (χ3n) is 4.64. The molecule has 1 aliphatic heterocycles. The molecule has 120 valence electrons. The summed E-state index contributed by atoms with van der Waals surface area (Å²) in [7, 11) is 0. The number of hydrogen-bond acceptors (Lipinski definition) is 2. The summed E-state index contributed by atoms with van der Waals surface area (Å²) in [5, 5.41) is 0. The molecule has 0 unspecified atom stereocenters. The zero-order chi connectivity index (χ0) is 15.4. The van der Waals surface area contributed by atoms with Crippen LogP contribution in [0.3, 0.4) is 0 Å². The molecule has 1 aliphatic carbocycles. The second-order valence-electron chi connectivity index (χ2n) is 6.56. The normalized spacial score (nSPS) is 19.3. The lowest BCUT2D eigenvalue weighted by atomic mass is 10.2. The Morgan fingerprint density at radius 3 is 2.55 bits per heavy atom. The van der Waals surface area contributed by atoms with Crippen LogP contribution in [0.4, 0.5) is 0 Å². The van der Waals surface area contributed by atoms with Gasteiger partial charge in [-0.15, -0.1) is 0 Å². The fraction of sp³-hybridized carbons (Fsp3) is 0.611. The number of rotatable bonds is 5. The molecule has 0 N–H and O–H groups in total. The summed E-state index contributed by atoms with van der Waals surface area (Å²) in [4.78, 5) is 17.1. The molecule has 2 aliphatic rings. The lowest BCUT2D eigenvalue weighted by Crippen LogP contribution is -2.41. The smallest absolute Gasteiger partial charge is 0.236 e. The molecule has 1 saturated heterocycles. The quantitative estimate of drug-likeness (QED) is 0.792. The van der Waals surface area contributed by atoms with Crippen LogP contribution in [0.25, 0.3) is 0 Å². The molecule has 0 aromatic heterocycles. The van der Waals surface area contributed by atoms with Gasteiger partial charge in [-0.1, -0.05) is 40.9 Å². The van der Waals surface area contributed by atoms with Crippen LogP contribution in [-0.2, 0) is 11.3 Å². The van der Waals surface area contributed by atoms with E-state index < -0.39 is 0 Å². The van der Waals surface area contributed by atoms with E-state index in [1.165, 1.54) is 44.1 Å². The zero-order valence-electron chi connectivity index (χ0n) is 13.1. The van der Waals surface area contributed by atoms with E-state index in [2.05, 4.69) is 43.9 Å². The summed E-state index contributed by atoms with van der Waals surface area (Å²) >= 11 is 3.53. The Bertz CT molecular complexity index is 508. The Kier molecular flexibility index (Phi) is 5.53. The first-order valence-electron chi connectivity index (χ1n) is 8.48. The minimum atomic E-state index is 0.323. The fourth-order valence-corrected chi connectivity index (χ4v) is 3.66. The van der Waals surface area contributed by atoms with Crippen molar-refractivity contribution in [2.24, 2.45) is 0 Å². The van der Waals surface area contributed by atoms with Gasteiger partial charge in [-0.2, -0.15) is 0 Å². The van der Waals surface area contributed by atoms with Crippen molar-refractivity contribution in [1.29, 1.82) is 0 Å². The first kappa shape index (κ1) is 16.0. The molecular formula is C18H25BrN2O. The molecule has 22 heavy (non-hydrogen) atoms. The highest BCUT2D eigenvalue weighted by Crippen LogP contribution is 2.28. The summed E-state index contributed by atoms with van der Waals surface area (Å²) < 4.78 is 1.11. The van der Waals surface area contributed by atoms with Crippen LogP contribution in [0.2, 0.25) is 0 Å². The maximum absolute atomic E-state index is 12.6. The molecule has 1 amide bonds. The predicted octanol–water partition coefficient (Wildman–Crippen LogP) is 3.82. The van der Waals surface area contributed by atoms with Gasteiger partial charge in [-0.25, -0.2) is 0 Å². The van der Waals surface area contributed by atoms with E-state index in [0.717, 1.165) is 24.1 Å². The second kappa shape index (κ2) is 7.60. The van der Waals surface area contributed by atoms with Crippen molar-refractivity contribution < 1.29 is 4.79 Å². The number of amides is 1. The summed E-state index contributed by atoms with van der Waals surface area (Å²) in [6.07, 6.45) is 7.35. The first-order valence-corrected chi connectivity index (χ1v) is 9.28. The van der Waals surface area contributed by atoms with Crippen LogP contribution < -0.4 is 0 Å². The molecule has 1 aromatic rings. The van der Waals surface area contributed by atoms with Gasteiger partial charge in [-0.05, 0) is 43.4 Å². The van der Waals surface area contributed by atoms with Gasteiger partial charge >= 0.3 is 0 Å². The van der Waals surface area contributed by atoms with Gasteiger partial charge in [0.25, 0.3) is 0 Å². The standard InChI is InChI=1S/C18H25BrN2O/c19-16-7-5-6-15(12-16)13-21(17-8-9-17)14-18(22)20-10-3-1-2-4-11-20/h5-7,12,17H,1-4,8-11,13-14H2. The summed E-state index contributed by atoms with van der Waals surface area (Å²) in [5.41, 5.74) is 1.28. The molecule has 1 aromatic carbocycles. The van der Waals surface area contributed by atoms with Gasteiger partial charge < -0.3 is 4.90 Å². The highest BCUT2D eigenvalue weighted by molar-refractivity contribution is 9.10. The Labute approximate surface area is 141 Å². The third kappa shape index (κ3) is 4.56. The summed E-state index contributed by atoms with van der Waals surface area (Å²) in [5.74, 6) is 0.323. The minimum Gasteiger partial charge on any atom is -0.342 e. The average Bonchev–Trinajstić information content (AvgIpc) is 3.33. The molecule has 4 heteroatoms. The Balaban J connectivity index is 1.60. The molecular weight excluding hydrogens is 340 g/mol. The van der Waals surface area contributed by atoms with Crippen molar-refractivity contribution in [3.63, 3.8) is 0 Å². The molecule has 0 spiro atoms. The van der Waals surface area contributed by atoms with Crippen molar-refractivity contribution in [3.8, 4) is 0 Å². The number of carbonyl (C=O) groups excluding carboxylic acids is 1. The van der Waals surface area contributed by atoms with Crippen molar-refractivity contribution in [2.75, 3.05) is 19.6 Å². The summed E-state index contributed by atoms with van der Waals surface area (Å²) in [6.45, 7) is 3.36. The van der Waals surface area contributed by atoms with E-state index in [0.29, 0.717) is 18.5 Å². The van der Waals surface area contributed by atoms with E-state index in [9.17, 15) is 4.79 Å². The van der Waals surface area contributed by atoms with E-state index in [1.54, 1.807) is 0 Å². The number of carbonyl (C=O) groups is 1. The first-order chi connectivity index (χ1) is 10.7. The van der Waals surface area contributed by atoms with Crippen molar-refractivity contribution in [1.82, 2.24) is 9.80 Å². The molecule has 3 nitrogen and oxygen atoms in total. The van der Waals surface area contributed by atoms with Crippen LogP contribution in [0.1, 0.15) is 44.1 Å². The third-order valence-corrected chi connectivity index (χ3v) is 5.13. The van der Waals surface area contributed by atoms with Crippen LogP contribution >= 0.6 is 15.9 Å². The van der Waals surface area contributed by atoms with Crippen molar-refractivity contribution >= 4 is 21.8 Å². The number of benzene rings is 1. The van der Waals surface area contributed by atoms with Gasteiger partial charge in [0.2, 0.25) is 5.91 Å². The molecule has 3 rings (SSSR count). The van der Waals surface area contributed by atoms with Crippen molar-refractivity contribution in [2.45, 2.75) is 51.1 Å². The second-order valence-corrected chi connectivity index (χ2v) is 7.48. The SMILES string of the molecule is O=C(CN(Cc1cccc(Br)c1)C1CC1)N1CCCCCC1. The van der Waals surface area contributed by atoms with Gasteiger partial charge in [0, 0.05) is 30.1 Å². The molecule has 0 bridgehead atoms. The van der Waals surface area contributed by atoms with Gasteiger partial charge in [0.1, 0.15) is 0 Å². The fourth-order valence-electron chi connectivity index (χ4n) is 3.22. The largest absolute Gasteiger partial charge is 0.342 e. The Hall–Kier alpha value is -0.870. The lowest BCUT2D eigenvalue weighted by molar-refractivity contribution is -0.132. The highest BCUT2D eigenvalue weighted by Gasteiger charge is 2.31. The van der Waals surface area contributed by atoms with E-state index >= 15 is 0 Å². The lowest BCUT2D eigenvalue weighted by Gasteiger charge is -2.26. The molecule has 0 atom stereocenters. The van der Waals surface area contributed by atoms with Crippen LogP contribution in [0.5, 0.6) is 0 Å². The predicted molar refractivity (Wildman–Crippen MR) is 92.6 cm³/mol. The van der Waals surface area contributed by atoms with Gasteiger partial charge in [0.05, 0.1) is 6.54 Å².